The highest BCUT2D eigenvalue weighted by Gasteiger charge is 2.33. The average molecular weight is 424 g/mol. The van der Waals surface area contributed by atoms with Gasteiger partial charge >= 0.3 is 6.18 Å². The quantitative estimate of drug-likeness (QED) is 0.664. The van der Waals surface area contributed by atoms with Gasteiger partial charge in [-0.05, 0) is 36.9 Å². The third-order valence-electron chi connectivity index (χ3n) is 4.92. The van der Waals surface area contributed by atoms with Crippen molar-refractivity contribution in [2.45, 2.75) is 51.4 Å². The van der Waals surface area contributed by atoms with Gasteiger partial charge in [0, 0.05) is 0 Å². The number of aromatic nitrogens is 2. The summed E-state index contributed by atoms with van der Waals surface area (Å²) in [6.45, 7) is 4.32. The van der Waals surface area contributed by atoms with E-state index in [0.29, 0.717) is 12.0 Å². The second-order valence-electron chi connectivity index (χ2n) is 7.63. The molecule has 1 aromatic carbocycles. The van der Waals surface area contributed by atoms with E-state index >= 15 is 0 Å². The molecule has 162 valence electrons. The zero-order valence-electron chi connectivity index (χ0n) is 16.6. The minimum absolute atomic E-state index is 0.0176. The maximum absolute atomic E-state index is 12.9. The van der Waals surface area contributed by atoms with Crippen LogP contribution in [0.15, 0.2) is 28.8 Å². The zero-order valence-corrected chi connectivity index (χ0v) is 16.6. The topological polar surface area (TPSA) is 97.1 Å². The molecule has 2 N–H and O–H groups in total. The largest absolute Gasteiger partial charge is 0.416 e. The van der Waals surface area contributed by atoms with E-state index in [-0.39, 0.29) is 36.0 Å². The number of alkyl halides is 3. The molecular formula is C20H23F3N4O3. The molecule has 1 saturated heterocycles. The van der Waals surface area contributed by atoms with Gasteiger partial charge in [0.2, 0.25) is 23.4 Å². The lowest BCUT2D eigenvalue weighted by atomic mass is 9.98. The second kappa shape index (κ2) is 8.95. The van der Waals surface area contributed by atoms with Crippen LogP contribution in [0.2, 0.25) is 0 Å². The number of amides is 1. The Labute approximate surface area is 171 Å². The summed E-state index contributed by atoms with van der Waals surface area (Å²) in [5.41, 5.74) is -0.451. The summed E-state index contributed by atoms with van der Waals surface area (Å²) in [7, 11) is 0. The first-order valence-corrected chi connectivity index (χ1v) is 9.72. The molecule has 30 heavy (non-hydrogen) atoms. The summed E-state index contributed by atoms with van der Waals surface area (Å²) < 4.78 is 43.6. The minimum atomic E-state index is -4.46. The number of Topliss-reactive ketones (excluding diaryl/α,β-unsaturated/α-hetero) is 1. The Kier molecular flexibility index (Phi) is 6.55. The third kappa shape index (κ3) is 5.24. The van der Waals surface area contributed by atoms with Gasteiger partial charge in [0.25, 0.3) is 0 Å². The third-order valence-corrected chi connectivity index (χ3v) is 4.92. The van der Waals surface area contributed by atoms with E-state index in [1.165, 1.54) is 12.1 Å². The molecule has 0 aliphatic carbocycles. The van der Waals surface area contributed by atoms with Crippen molar-refractivity contribution in [3.05, 3.63) is 47.1 Å². The van der Waals surface area contributed by atoms with Crippen molar-refractivity contribution in [3.63, 3.8) is 0 Å². The minimum Gasteiger partial charge on any atom is -0.344 e. The predicted molar refractivity (Wildman–Crippen MR) is 101 cm³/mol. The Bertz CT molecular complexity index is 905. The molecular weight excluding hydrogens is 401 g/mol. The van der Waals surface area contributed by atoms with Crippen molar-refractivity contribution < 1.29 is 27.3 Å². The number of nitrogens with zero attached hydrogens (tertiary/aromatic N) is 2. The molecule has 10 heteroatoms. The Morgan fingerprint density at radius 1 is 1.33 bits per heavy atom. The van der Waals surface area contributed by atoms with Crippen LogP contribution in [0.1, 0.15) is 54.3 Å². The summed E-state index contributed by atoms with van der Waals surface area (Å²) >= 11 is 0. The lowest BCUT2D eigenvalue weighted by Crippen LogP contribution is -2.50. The zero-order chi connectivity index (χ0) is 21.9. The number of hydrogen-bond acceptors (Lipinski definition) is 6. The molecule has 1 aliphatic rings. The number of ketones is 1. The second-order valence-corrected chi connectivity index (χ2v) is 7.63. The lowest BCUT2D eigenvalue weighted by molar-refractivity contribution is -0.137. The van der Waals surface area contributed by atoms with Crippen molar-refractivity contribution in [2.24, 2.45) is 5.92 Å². The van der Waals surface area contributed by atoms with Gasteiger partial charge in [0.15, 0.2) is 0 Å². The summed E-state index contributed by atoms with van der Waals surface area (Å²) in [6.07, 6.45) is -2.91. The van der Waals surface area contributed by atoms with Crippen LogP contribution in [0.3, 0.4) is 0 Å². The SMILES string of the molecule is CC(C)[C@H](NC(=O)[C@@H]1CCCN1)C(=O)c1noc(Cc2cccc(C(F)(F)F)c2)n1. The number of benzene rings is 1. The maximum Gasteiger partial charge on any atom is 0.416 e. The number of carbonyl (C=O) groups excluding carboxylic acids is 2. The Hall–Kier alpha value is -2.75. The van der Waals surface area contributed by atoms with Crippen LogP contribution >= 0.6 is 0 Å². The van der Waals surface area contributed by atoms with Crippen molar-refractivity contribution in [3.8, 4) is 0 Å². The van der Waals surface area contributed by atoms with Gasteiger partial charge in [0.05, 0.1) is 24.1 Å². The lowest BCUT2D eigenvalue weighted by Gasteiger charge is -2.21. The molecule has 0 unspecified atom stereocenters. The fraction of sp³-hybridized carbons (Fsp3) is 0.500. The number of carbonyl (C=O) groups is 2. The van der Waals surface area contributed by atoms with Gasteiger partial charge < -0.3 is 15.2 Å². The molecule has 3 rings (SSSR count). The molecule has 1 fully saturated rings. The van der Waals surface area contributed by atoms with Crippen LogP contribution in [0.5, 0.6) is 0 Å². The van der Waals surface area contributed by atoms with Crippen LogP contribution in [-0.2, 0) is 17.4 Å². The molecule has 1 aliphatic heterocycles. The summed E-state index contributed by atoms with van der Waals surface area (Å²) in [4.78, 5) is 29.2. The van der Waals surface area contributed by atoms with Crippen molar-refractivity contribution in [2.75, 3.05) is 6.54 Å². The molecule has 7 nitrogen and oxygen atoms in total. The van der Waals surface area contributed by atoms with Crippen molar-refractivity contribution in [1.82, 2.24) is 20.8 Å². The first-order chi connectivity index (χ1) is 14.1. The molecule has 1 aromatic heterocycles. The number of nitrogens with one attached hydrogen (secondary N) is 2. The van der Waals surface area contributed by atoms with Crippen LogP contribution < -0.4 is 10.6 Å². The van der Waals surface area contributed by atoms with E-state index in [2.05, 4.69) is 20.8 Å². The molecule has 0 saturated carbocycles. The molecule has 2 heterocycles. The van der Waals surface area contributed by atoms with Crippen molar-refractivity contribution in [1.29, 1.82) is 0 Å². The molecule has 1 amide bonds. The smallest absolute Gasteiger partial charge is 0.344 e. The van der Waals surface area contributed by atoms with Gasteiger partial charge in [-0.3, -0.25) is 9.59 Å². The molecule has 0 bridgehead atoms. The van der Waals surface area contributed by atoms with E-state index in [4.69, 9.17) is 4.52 Å². The van der Waals surface area contributed by atoms with E-state index in [1.807, 2.05) is 0 Å². The van der Waals surface area contributed by atoms with Crippen LogP contribution in [-0.4, -0.2) is 40.5 Å². The van der Waals surface area contributed by atoms with Crippen LogP contribution in [0.4, 0.5) is 13.2 Å². The Morgan fingerprint density at radius 2 is 2.10 bits per heavy atom. The Balaban J connectivity index is 1.70. The highest BCUT2D eigenvalue weighted by molar-refractivity contribution is 5.99. The van der Waals surface area contributed by atoms with E-state index in [1.54, 1.807) is 13.8 Å². The first kappa shape index (κ1) is 21.9. The summed E-state index contributed by atoms with van der Waals surface area (Å²) in [5, 5.41) is 9.48. The first-order valence-electron chi connectivity index (χ1n) is 9.72. The number of rotatable bonds is 7. The van der Waals surface area contributed by atoms with Crippen LogP contribution in [0, 0.1) is 5.92 Å². The molecule has 2 atom stereocenters. The van der Waals surface area contributed by atoms with Gasteiger partial charge in [-0.2, -0.15) is 18.2 Å². The van der Waals surface area contributed by atoms with Gasteiger partial charge in [-0.25, -0.2) is 0 Å². The van der Waals surface area contributed by atoms with E-state index in [0.717, 1.165) is 25.1 Å². The van der Waals surface area contributed by atoms with E-state index in [9.17, 15) is 22.8 Å². The predicted octanol–water partition coefficient (Wildman–Crippen LogP) is 2.75. The monoisotopic (exact) mass is 424 g/mol. The average Bonchev–Trinajstić information content (AvgIpc) is 3.37. The maximum atomic E-state index is 12.9. The van der Waals surface area contributed by atoms with Crippen molar-refractivity contribution >= 4 is 11.7 Å². The standard InChI is InChI=1S/C20H23F3N4O3/c1-11(2)16(26-19(29)14-7-4-8-24-14)17(28)18-25-15(30-27-18)10-12-5-3-6-13(9-12)20(21,22)23/h3,5-6,9,11,14,16,24H,4,7-8,10H2,1-2H3,(H,26,29)/t14-,16-/m0/s1. The summed E-state index contributed by atoms with van der Waals surface area (Å²) in [6, 6.07) is 3.60. The normalized spacial score (nSPS) is 17.9. The molecule has 0 radical (unpaired) electrons. The van der Waals surface area contributed by atoms with Crippen LogP contribution in [0.25, 0.3) is 0 Å². The number of hydrogen-bond donors (Lipinski definition) is 2. The van der Waals surface area contributed by atoms with Gasteiger partial charge in [0.1, 0.15) is 0 Å². The molecule has 2 aromatic rings. The fourth-order valence-corrected chi connectivity index (χ4v) is 3.30. The van der Waals surface area contributed by atoms with Gasteiger partial charge in [-0.15, -0.1) is 0 Å². The number of halogens is 3. The summed E-state index contributed by atoms with van der Waals surface area (Å²) in [5.74, 6) is -1.17. The fourth-order valence-electron chi connectivity index (χ4n) is 3.30. The highest BCUT2D eigenvalue weighted by atomic mass is 19.4. The Morgan fingerprint density at radius 3 is 2.73 bits per heavy atom. The van der Waals surface area contributed by atoms with E-state index < -0.39 is 23.6 Å². The molecule has 0 spiro atoms. The highest BCUT2D eigenvalue weighted by Crippen LogP contribution is 2.29. The van der Waals surface area contributed by atoms with Gasteiger partial charge in [-0.1, -0.05) is 37.2 Å².